The Hall–Kier alpha value is -2.41. The predicted molar refractivity (Wildman–Crippen MR) is 101 cm³/mol. The maximum absolute atomic E-state index is 11.9. The third-order valence-electron chi connectivity index (χ3n) is 4.29. The minimum Gasteiger partial charge on any atom is -0.481 e. The van der Waals surface area contributed by atoms with Crippen LogP contribution in [0.3, 0.4) is 0 Å². The number of hydrogen-bond donors (Lipinski definition) is 2. The van der Waals surface area contributed by atoms with Crippen molar-refractivity contribution in [3.8, 4) is 0 Å². The molecule has 0 spiro atoms. The molecule has 0 aliphatic carbocycles. The molecule has 2 aromatic rings. The lowest BCUT2D eigenvalue weighted by molar-refractivity contribution is -0.141. The number of carbonyl (C=O) groups excluding carboxylic acids is 1. The van der Waals surface area contributed by atoms with Crippen LogP contribution in [0.5, 0.6) is 0 Å². The first kappa shape index (κ1) is 19.9. The molecule has 7 heteroatoms. The first-order valence-electron chi connectivity index (χ1n) is 8.38. The molecule has 2 rings (SSSR count). The standard InChI is InChI=1S/C19H23NO5S/c1-13(2)26(24,25)12-18(21)20-11-16(19(22)23)10-15-8-5-7-14-6-3-4-9-17(14)15/h3-9,13,16H,10-12H2,1-2H3,(H,20,21)(H,22,23). The Labute approximate surface area is 153 Å². The van der Waals surface area contributed by atoms with Crippen molar-refractivity contribution < 1.29 is 23.1 Å². The molecule has 1 amide bonds. The van der Waals surface area contributed by atoms with E-state index in [2.05, 4.69) is 5.32 Å². The van der Waals surface area contributed by atoms with Crippen LogP contribution in [0.25, 0.3) is 10.8 Å². The van der Waals surface area contributed by atoms with E-state index in [-0.39, 0.29) is 13.0 Å². The van der Waals surface area contributed by atoms with Crippen LogP contribution in [-0.2, 0) is 25.8 Å². The van der Waals surface area contributed by atoms with E-state index in [4.69, 9.17) is 0 Å². The van der Waals surface area contributed by atoms with E-state index >= 15 is 0 Å². The lowest BCUT2D eigenvalue weighted by Gasteiger charge is -2.15. The molecule has 1 atom stereocenters. The third kappa shape index (κ3) is 5.05. The number of sulfone groups is 1. The van der Waals surface area contributed by atoms with Gasteiger partial charge in [0.1, 0.15) is 5.75 Å². The summed E-state index contributed by atoms with van der Waals surface area (Å²) in [7, 11) is -3.51. The molecular formula is C19H23NO5S. The van der Waals surface area contributed by atoms with Crippen molar-refractivity contribution in [2.45, 2.75) is 25.5 Å². The number of hydrogen-bond acceptors (Lipinski definition) is 4. The van der Waals surface area contributed by atoms with Gasteiger partial charge in [-0.25, -0.2) is 8.42 Å². The molecule has 0 heterocycles. The second kappa shape index (κ2) is 8.31. The Bertz CT molecular complexity index is 900. The Morgan fingerprint density at radius 1 is 1.08 bits per heavy atom. The van der Waals surface area contributed by atoms with Gasteiger partial charge in [-0.1, -0.05) is 42.5 Å². The first-order valence-corrected chi connectivity index (χ1v) is 10.1. The van der Waals surface area contributed by atoms with Gasteiger partial charge in [-0.3, -0.25) is 9.59 Å². The number of rotatable bonds is 8. The number of carboxylic acids is 1. The zero-order valence-electron chi connectivity index (χ0n) is 14.8. The zero-order valence-corrected chi connectivity index (χ0v) is 15.6. The molecule has 0 aromatic heterocycles. The third-order valence-corrected chi connectivity index (χ3v) is 6.39. The van der Waals surface area contributed by atoms with Gasteiger partial charge in [0, 0.05) is 6.54 Å². The van der Waals surface area contributed by atoms with E-state index in [1.807, 2.05) is 42.5 Å². The van der Waals surface area contributed by atoms with E-state index < -0.39 is 38.6 Å². The van der Waals surface area contributed by atoms with Crippen LogP contribution in [0.2, 0.25) is 0 Å². The zero-order chi connectivity index (χ0) is 19.3. The smallest absolute Gasteiger partial charge is 0.308 e. The molecule has 0 bridgehead atoms. The van der Waals surface area contributed by atoms with Crippen LogP contribution >= 0.6 is 0 Å². The number of fused-ring (bicyclic) bond motifs is 1. The highest BCUT2D eigenvalue weighted by molar-refractivity contribution is 7.92. The quantitative estimate of drug-likeness (QED) is 0.733. The average Bonchev–Trinajstić information content (AvgIpc) is 2.57. The van der Waals surface area contributed by atoms with E-state index in [1.165, 1.54) is 13.8 Å². The topological polar surface area (TPSA) is 101 Å². The molecule has 1 unspecified atom stereocenters. The predicted octanol–water partition coefficient (Wildman–Crippen LogP) is 2.02. The SMILES string of the molecule is CC(C)S(=O)(=O)CC(=O)NCC(Cc1cccc2ccccc12)C(=O)O. The molecule has 0 saturated carbocycles. The Morgan fingerprint density at radius 3 is 2.38 bits per heavy atom. The largest absolute Gasteiger partial charge is 0.481 e. The summed E-state index contributed by atoms with van der Waals surface area (Å²) >= 11 is 0. The molecule has 2 N–H and O–H groups in total. The Kier molecular flexibility index (Phi) is 6.37. The summed E-state index contributed by atoms with van der Waals surface area (Å²) in [4.78, 5) is 23.4. The number of benzene rings is 2. The fraction of sp³-hybridized carbons (Fsp3) is 0.368. The van der Waals surface area contributed by atoms with Gasteiger partial charge < -0.3 is 10.4 Å². The summed E-state index contributed by atoms with van der Waals surface area (Å²) in [5.74, 6) is -3.19. The highest BCUT2D eigenvalue weighted by Gasteiger charge is 2.23. The van der Waals surface area contributed by atoms with Crippen molar-refractivity contribution >= 4 is 32.5 Å². The van der Waals surface area contributed by atoms with Gasteiger partial charge in [0.25, 0.3) is 0 Å². The molecule has 0 radical (unpaired) electrons. The van der Waals surface area contributed by atoms with Crippen molar-refractivity contribution in [2.24, 2.45) is 5.92 Å². The maximum Gasteiger partial charge on any atom is 0.308 e. The van der Waals surface area contributed by atoms with Crippen molar-refractivity contribution in [1.82, 2.24) is 5.32 Å². The molecule has 0 aliphatic rings. The number of carbonyl (C=O) groups is 2. The summed E-state index contributed by atoms with van der Waals surface area (Å²) in [6.45, 7) is 2.89. The van der Waals surface area contributed by atoms with Crippen molar-refractivity contribution in [3.63, 3.8) is 0 Å². The van der Waals surface area contributed by atoms with Crippen LogP contribution in [0, 0.1) is 5.92 Å². The lowest BCUT2D eigenvalue weighted by Crippen LogP contribution is -2.38. The van der Waals surface area contributed by atoms with Crippen LogP contribution in [0.4, 0.5) is 0 Å². The van der Waals surface area contributed by atoms with Crippen LogP contribution < -0.4 is 5.32 Å². The second-order valence-corrected chi connectivity index (χ2v) is 9.09. The molecule has 0 saturated heterocycles. The fourth-order valence-electron chi connectivity index (χ4n) is 2.62. The Balaban J connectivity index is 2.08. The summed E-state index contributed by atoms with van der Waals surface area (Å²) in [6.07, 6.45) is 0.244. The maximum atomic E-state index is 11.9. The van der Waals surface area contributed by atoms with Crippen LogP contribution in [-0.4, -0.2) is 42.9 Å². The van der Waals surface area contributed by atoms with E-state index in [0.29, 0.717) is 0 Å². The highest BCUT2D eigenvalue weighted by atomic mass is 32.2. The summed E-state index contributed by atoms with van der Waals surface area (Å²) < 4.78 is 23.6. The van der Waals surface area contributed by atoms with Crippen molar-refractivity contribution in [2.75, 3.05) is 12.3 Å². The number of carboxylic acid groups (broad SMARTS) is 1. The molecule has 140 valence electrons. The average molecular weight is 377 g/mol. The molecule has 0 aliphatic heterocycles. The molecule has 26 heavy (non-hydrogen) atoms. The van der Waals surface area contributed by atoms with Gasteiger partial charge in [0.15, 0.2) is 9.84 Å². The lowest BCUT2D eigenvalue weighted by atomic mass is 9.95. The first-order chi connectivity index (χ1) is 12.2. The highest BCUT2D eigenvalue weighted by Crippen LogP contribution is 2.21. The number of nitrogens with one attached hydrogen (secondary N) is 1. The molecule has 2 aromatic carbocycles. The van der Waals surface area contributed by atoms with Gasteiger partial charge in [-0.15, -0.1) is 0 Å². The van der Waals surface area contributed by atoms with Crippen molar-refractivity contribution in [3.05, 3.63) is 48.0 Å². The molecule has 6 nitrogen and oxygen atoms in total. The summed E-state index contributed by atoms with van der Waals surface area (Å²) in [6, 6.07) is 13.4. The number of aliphatic carboxylic acids is 1. The van der Waals surface area contributed by atoms with Crippen LogP contribution in [0.15, 0.2) is 42.5 Å². The van der Waals surface area contributed by atoms with Gasteiger partial charge in [0.05, 0.1) is 11.2 Å². The van der Waals surface area contributed by atoms with E-state index in [0.717, 1.165) is 16.3 Å². The van der Waals surface area contributed by atoms with Gasteiger partial charge >= 0.3 is 5.97 Å². The van der Waals surface area contributed by atoms with Gasteiger partial charge in [0.2, 0.25) is 5.91 Å². The minimum absolute atomic E-state index is 0.120. The fourth-order valence-corrected chi connectivity index (χ4v) is 3.42. The van der Waals surface area contributed by atoms with Crippen molar-refractivity contribution in [1.29, 1.82) is 0 Å². The van der Waals surface area contributed by atoms with E-state index in [1.54, 1.807) is 0 Å². The molecule has 0 fully saturated rings. The summed E-state index contributed by atoms with van der Waals surface area (Å²) in [5, 5.41) is 13.2. The van der Waals surface area contributed by atoms with E-state index in [9.17, 15) is 23.1 Å². The van der Waals surface area contributed by atoms with Gasteiger partial charge in [-0.2, -0.15) is 0 Å². The van der Waals surface area contributed by atoms with Crippen LogP contribution in [0.1, 0.15) is 19.4 Å². The monoisotopic (exact) mass is 377 g/mol. The Morgan fingerprint density at radius 2 is 1.73 bits per heavy atom. The second-order valence-electron chi connectivity index (χ2n) is 6.54. The normalized spacial score (nSPS) is 12.9. The molecular weight excluding hydrogens is 354 g/mol. The minimum atomic E-state index is -3.51. The number of amides is 1. The summed E-state index contributed by atoms with van der Waals surface area (Å²) in [5.41, 5.74) is 0.875. The van der Waals surface area contributed by atoms with Gasteiger partial charge in [-0.05, 0) is 36.6 Å².